The Hall–Kier alpha value is -0.810. The van der Waals surface area contributed by atoms with Crippen LogP contribution < -0.4 is 5.32 Å². The molecule has 0 saturated heterocycles. The van der Waals surface area contributed by atoms with Gasteiger partial charge in [-0.2, -0.15) is 0 Å². The van der Waals surface area contributed by atoms with Crippen LogP contribution in [0.15, 0.2) is 0 Å². The van der Waals surface area contributed by atoms with E-state index in [-0.39, 0.29) is 25.9 Å². The minimum atomic E-state index is -0.442. The number of hydrogen-bond acceptors (Lipinski definition) is 4. The van der Waals surface area contributed by atoms with E-state index in [1.165, 1.54) is 0 Å². The highest BCUT2D eigenvalue weighted by Crippen LogP contribution is 1.83. The molecule has 0 aromatic heterocycles. The maximum atomic E-state index is 10.8. The fourth-order valence-electron chi connectivity index (χ4n) is 0.637. The lowest BCUT2D eigenvalue weighted by atomic mass is 10.4. The number of nitrogens with one attached hydrogen (secondary N) is 1. The van der Waals surface area contributed by atoms with Crippen molar-refractivity contribution in [1.29, 1.82) is 0 Å². The molecular weight excluding hydrogens is 174 g/mol. The molecule has 5 heteroatoms. The summed E-state index contributed by atoms with van der Waals surface area (Å²) in [4.78, 5) is 10.8. The van der Waals surface area contributed by atoms with Crippen LogP contribution in [0.2, 0.25) is 0 Å². The molecule has 0 saturated carbocycles. The van der Waals surface area contributed by atoms with Crippen LogP contribution in [0.25, 0.3) is 0 Å². The van der Waals surface area contributed by atoms with Gasteiger partial charge in [0.2, 0.25) is 0 Å². The van der Waals surface area contributed by atoms with E-state index in [1.807, 2.05) is 13.8 Å². The van der Waals surface area contributed by atoms with Crippen LogP contribution in [0.1, 0.15) is 13.8 Å². The van der Waals surface area contributed by atoms with Crippen molar-refractivity contribution < 1.29 is 19.4 Å². The highest BCUT2D eigenvalue weighted by molar-refractivity contribution is 5.67. The number of aliphatic hydroxyl groups excluding tert-OH is 1. The molecule has 0 radical (unpaired) electrons. The van der Waals surface area contributed by atoms with Crippen molar-refractivity contribution in [2.45, 2.75) is 19.9 Å². The van der Waals surface area contributed by atoms with E-state index < -0.39 is 6.09 Å². The normalized spacial score (nSPS) is 10.2. The Morgan fingerprint density at radius 1 is 1.38 bits per heavy atom. The van der Waals surface area contributed by atoms with E-state index in [1.54, 1.807) is 0 Å². The number of amides is 1. The smallest absolute Gasteiger partial charge is 0.407 e. The first kappa shape index (κ1) is 12.2. The second kappa shape index (κ2) is 7.82. The Balaban J connectivity index is 3.17. The van der Waals surface area contributed by atoms with E-state index in [0.717, 1.165) is 0 Å². The number of carbonyl (C=O) groups is 1. The molecular formula is C8H17NO4. The average molecular weight is 191 g/mol. The van der Waals surface area contributed by atoms with E-state index >= 15 is 0 Å². The molecule has 0 aliphatic heterocycles. The van der Waals surface area contributed by atoms with Gasteiger partial charge in [0.15, 0.2) is 0 Å². The first-order valence-electron chi connectivity index (χ1n) is 4.28. The summed E-state index contributed by atoms with van der Waals surface area (Å²) < 4.78 is 9.63. The van der Waals surface area contributed by atoms with Gasteiger partial charge < -0.3 is 19.9 Å². The Kier molecular flexibility index (Phi) is 7.33. The molecule has 5 nitrogen and oxygen atoms in total. The highest BCUT2D eigenvalue weighted by Gasteiger charge is 2.02. The lowest BCUT2D eigenvalue weighted by molar-refractivity contribution is 0.0532. The van der Waals surface area contributed by atoms with Crippen molar-refractivity contribution in [3.05, 3.63) is 0 Å². The zero-order chi connectivity index (χ0) is 10.1. The molecule has 0 aliphatic carbocycles. The van der Waals surface area contributed by atoms with Crippen molar-refractivity contribution in [3.63, 3.8) is 0 Å². The summed E-state index contributed by atoms with van der Waals surface area (Å²) in [5.74, 6) is 0. The molecule has 0 aromatic carbocycles. The first-order valence-corrected chi connectivity index (χ1v) is 4.28. The molecule has 0 unspecified atom stereocenters. The van der Waals surface area contributed by atoms with Gasteiger partial charge in [0.05, 0.1) is 19.8 Å². The van der Waals surface area contributed by atoms with E-state index in [9.17, 15) is 4.79 Å². The lowest BCUT2D eigenvalue weighted by Crippen LogP contribution is -2.31. The summed E-state index contributed by atoms with van der Waals surface area (Å²) in [5, 5.41) is 10.9. The van der Waals surface area contributed by atoms with E-state index in [0.29, 0.717) is 6.61 Å². The second-order valence-corrected chi connectivity index (χ2v) is 2.77. The van der Waals surface area contributed by atoms with Gasteiger partial charge >= 0.3 is 6.09 Å². The van der Waals surface area contributed by atoms with Crippen LogP contribution in [0.3, 0.4) is 0 Å². The quantitative estimate of drug-likeness (QED) is 0.585. The SMILES string of the molecule is CC(C)NC(=O)OCCOCCO. The Bertz CT molecular complexity index is 138. The molecule has 1 amide bonds. The van der Waals surface area contributed by atoms with Crippen molar-refractivity contribution in [2.75, 3.05) is 26.4 Å². The second-order valence-electron chi connectivity index (χ2n) is 2.77. The number of aliphatic hydroxyl groups is 1. The predicted molar refractivity (Wildman–Crippen MR) is 47.5 cm³/mol. The van der Waals surface area contributed by atoms with Gasteiger partial charge in [-0.1, -0.05) is 0 Å². The Morgan fingerprint density at radius 3 is 2.62 bits per heavy atom. The molecule has 2 N–H and O–H groups in total. The van der Waals surface area contributed by atoms with Crippen molar-refractivity contribution in [1.82, 2.24) is 5.32 Å². The van der Waals surface area contributed by atoms with Gasteiger partial charge in [-0.25, -0.2) is 4.79 Å². The highest BCUT2D eigenvalue weighted by atomic mass is 16.6. The van der Waals surface area contributed by atoms with Crippen molar-refractivity contribution in [3.8, 4) is 0 Å². The summed E-state index contributed by atoms with van der Waals surface area (Å²) in [6.45, 7) is 4.48. The van der Waals surface area contributed by atoms with Gasteiger partial charge in [0.1, 0.15) is 6.61 Å². The zero-order valence-corrected chi connectivity index (χ0v) is 8.08. The summed E-state index contributed by atoms with van der Waals surface area (Å²) in [7, 11) is 0. The maximum absolute atomic E-state index is 10.8. The number of rotatable bonds is 6. The summed E-state index contributed by atoms with van der Waals surface area (Å²) >= 11 is 0. The molecule has 0 atom stereocenters. The average Bonchev–Trinajstić information content (AvgIpc) is 2.02. The third-order valence-electron chi connectivity index (χ3n) is 1.10. The molecule has 0 fully saturated rings. The third-order valence-corrected chi connectivity index (χ3v) is 1.10. The van der Waals surface area contributed by atoms with Gasteiger partial charge in [-0.15, -0.1) is 0 Å². The van der Waals surface area contributed by atoms with Crippen LogP contribution in [-0.2, 0) is 9.47 Å². The van der Waals surface area contributed by atoms with Gasteiger partial charge in [-0.05, 0) is 13.8 Å². The minimum absolute atomic E-state index is 0.0157. The standard InChI is InChI=1S/C8H17NO4/c1-7(2)9-8(11)13-6-5-12-4-3-10/h7,10H,3-6H2,1-2H3,(H,9,11). The number of hydrogen-bond donors (Lipinski definition) is 2. The largest absolute Gasteiger partial charge is 0.447 e. The van der Waals surface area contributed by atoms with Crippen molar-refractivity contribution >= 4 is 6.09 Å². The lowest BCUT2D eigenvalue weighted by Gasteiger charge is -2.08. The zero-order valence-electron chi connectivity index (χ0n) is 8.08. The number of ether oxygens (including phenoxy) is 2. The van der Waals surface area contributed by atoms with Crippen molar-refractivity contribution in [2.24, 2.45) is 0 Å². The molecule has 0 rings (SSSR count). The molecule has 0 spiro atoms. The third kappa shape index (κ3) is 9.10. The Morgan fingerprint density at radius 2 is 2.08 bits per heavy atom. The van der Waals surface area contributed by atoms with E-state index in [2.05, 4.69) is 5.32 Å². The molecule has 13 heavy (non-hydrogen) atoms. The van der Waals surface area contributed by atoms with Crippen LogP contribution in [0.4, 0.5) is 4.79 Å². The van der Waals surface area contributed by atoms with Crippen LogP contribution in [-0.4, -0.2) is 43.7 Å². The van der Waals surface area contributed by atoms with Gasteiger partial charge in [0, 0.05) is 6.04 Å². The monoisotopic (exact) mass is 191 g/mol. The van der Waals surface area contributed by atoms with Crippen LogP contribution in [0, 0.1) is 0 Å². The van der Waals surface area contributed by atoms with Gasteiger partial charge in [-0.3, -0.25) is 0 Å². The number of carbonyl (C=O) groups excluding carboxylic acids is 1. The minimum Gasteiger partial charge on any atom is -0.447 e. The summed E-state index contributed by atoms with van der Waals surface area (Å²) in [5.41, 5.74) is 0. The number of alkyl carbamates (subject to hydrolysis) is 1. The van der Waals surface area contributed by atoms with Crippen LogP contribution >= 0.6 is 0 Å². The topological polar surface area (TPSA) is 67.8 Å². The molecule has 0 heterocycles. The van der Waals surface area contributed by atoms with E-state index in [4.69, 9.17) is 14.6 Å². The fraction of sp³-hybridized carbons (Fsp3) is 0.875. The molecule has 0 bridgehead atoms. The molecule has 0 aromatic rings. The summed E-state index contributed by atoms with van der Waals surface area (Å²) in [6.07, 6.45) is -0.442. The van der Waals surface area contributed by atoms with Crippen LogP contribution in [0.5, 0.6) is 0 Å². The summed E-state index contributed by atoms with van der Waals surface area (Å²) in [6, 6.07) is 0.0749. The molecule has 78 valence electrons. The molecule has 0 aliphatic rings. The fourth-order valence-corrected chi connectivity index (χ4v) is 0.637. The Labute approximate surface area is 78.0 Å². The first-order chi connectivity index (χ1) is 6.16. The predicted octanol–water partition coefficient (Wildman–Crippen LogP) is 0.130. The van der Waals surface area contributed by atoms with Gasteiger partial charge in [0.25, 0.3) is 0 Å². The maximum Gasteiger partial charge on any atom is 0.407 e.